The van der Waals surface area contributed by atoms with Gasteiger partial charge in [0.05, 0.1) is 7.11 Å². The Bertz CT molecular complexity index is 849. The third-order valence-corrected chi connectivity index (χ3v) is 6.77. The Kier molecular flexibility index (Phi) is 6.02. The molecule has 2 aromatic rings. The zero-order valence-electron chi connectivity index (χ0n) is 14.6. The number of ether oxygens (including phenoxy) is 2. The molecule has 0 saturated carbocycles. The van der Waals surface area contributed by atoms with Crippen molar-refractivity contribution < 1.29 is 17.9 Å². The summed E-state index contributed by atoms with van der Waals surface area (Å²) in [6.07, 6.45) is 1.55. The van der Waals surface area contributed by atoms with Gasteiger partial charge in [-0.1, -0.05) is 46.3 Å². The van der Waals surface area contributed by atoms with Crippen LogP contribution in [0.5, 0.6) is 5.75 Å². The van der Waals surface area contributed by atoms with Crippen LogP contribution >= 0.6 is 15.9 Å². The van der Waals surface area contributed by atoms with Gasteiger partial charge in [0.15, 0.2) is 0 Å². The van der Waals surface area contributed by atoms with Crippen LogP contribution in [-0.2, 0) is 20.2 Å². The van der Waals surface area contributed by atoms with Crippen molar-refractivity contribution in [2.24, 2.45) is 0 Å². The van der Waals surface area contributed by atoms with Crippen molar-refractivity contribution in [3.63, 3.8) is 0 Å². The molecular formula is C19H22BrNO4S. The van der Waals surface area contributed by atoms with E-state index in [0.717, 1.165) is 18.4 Å². The highest BCUT2D eigenvalue weighted by Gasteiger charge is 2.36. The molecule has 1 heterocycles. The van der Waals surface area contributed by atoms with Crippen molar-refractivity contribution in [3.05, 3.63) is 58.6 Å². The predicted octanol–water partition coefficient (Wildman–Crippen LogP) is 3.48. The Balaban J connectivity index is 1.88. The number of halogens is 1. The van der Waals surface area contributed by atoms with Crippen molar-refractivity contribution in [2.75, 3.05) is 26.9 Å². The lowest BCUT2D eigenvalue weighted by Gasteiger charge is -2.38. The molecule has 0 aliphatic carbocycles. The number of hydrogen-bond acceptors (Lipinski definition) is 4. The third-order valence-electron chi connectivity index (χ3n) is 4.85. The molecule has 1 saturated heterocycles. The fraction of sp³-hybridized carbons (Fsp3) is 0.368. The van der Waals surface area contributed by atoms with Gasteiger partial charge in [-0.2, -0.15) is 0 Å². The number of rotatable bonds is 6. The zero-order chi connectivity index (χ0) is 18.6. The van der Waals surface area contributed by atoms with Crippen LogP contribution in [-0.4, -0.2) is 35.3 Å². The summed E-state index contributed by atoms with van der Waals surface area (Å²) in [6.45, 7) is 1.56. The summed E-state index contributed by atoms with van der Waals surface area (Å²) < 4.78 is 40.1. The summed E-state index contributed by atoms with van der Waals surface area (Å²) in [7, 11) is -2.25. The van der Waals surface area contributed by atoms with E-state index in [1.165, 1.54) is 7.11 Å². The van der Waals surface area contributed by atoms with Crippen molar-refractivity contribution in [2.45, 2.75) is 23.2 Å². The topological polar surface area (TPSA) is 64.6 Å². The molecular weight excluding hydrogens is 418 g/mol. The van der Waals surface area contributed by atoms with Gasteiger partial charge in [0, 0.05) is 29.6 Å². The van der Waals surface area contributed by atoms with E-state index in [1.807, 2.05) is 18.2 Å². The molecule has 26 heavy (non-hydrogen) atoms. The summed E-state index contributed by atoms with van der Waals surface area (Å²) >= 11 is 3.33. The molecule has 0 aromatic heterocycles. The molecule has 1 aliphatic rings. The molecule has 3 rings (SSSR count). The summed E-state index contributed by atoms with van der Waals surface area (Å²) in [5, 5.41) is 0. The summed E-state index contributed by atoms with van der Waals surface area (Å²) in [5.41, 5.74) is 0.860. The third kappa shape index (κ3) is 4.11. The van der Waals surface area contributed by atoms with Crippen molar-refractivity contribution in [3.8, 4) is 5.75 Å². The molecule has 1 aliphatic heterocycles. The molecule has 5 nitrogen and oxygen atoms in total. The number of methoxy groups -OCH3 is 1. The van der Waals surface area contributed by atoms with E-state index in [4.69, 9.17) is 9.47 Å². The minimum atomic E-state index is -3.72. The highest BCUT2D eigenvalue weighted by atomic mass is 79.9. The number of nitrogens with one attached hydrogen (secondary N) is 1. The lowest BCUT2D eigenvalue weighted by Crippen LogP contribution is -2.44. The maximum absolute atomic E-state index is 12.9. The lowest BCUT2D eigenvalue weighted by atomic mass is 9.74. The van der Waals surface area contributed by atoms with Gasteiger partial charge >= 0.3 is 0 Å². The Morgan fingerprint density at radius 2 is 1.85 bits per heavy atom. The largest absolute Gasteiger partial charge is 0.495 e. The van der Waals surface area contributed by atoms with Crippen LogP contribution in [0, 0.1) is 0 Å². The smallest absolute Gasteiger partial charge is 0.244 e. The van der Waals surface area contributed by atoms with Crippen LogP contribution in [0.2, 0.25) is 0 Å². The molecule has 0 bridgehead atoms. The fourth-order valence-corrected chi connectivity index (χ4v) is 5.13. The number of hydrogen-bond donors (Lipinski definition) is 1. The first kappa shape index (κ1) is 19.4. The maximum atomic E-state index is 12.9. The first-order valence-electron chi connectivity index (χ1n) is 8.43. The molecule has 0 unspecified atom stereocenters. The van der Waals surface area contributed by atoms with Crippen LogP contribution in [0.4, 0.5) is 0 Å². The minimum absolute atomic E-state index is 0.129. The van der Waals surface area contributed by atoms with Crippen LogP contribution in [0.3, 0.4) is 0 Å². The highest BCUT2D eigenvalue weighted by Crippen LogP contribution is 2.35. The zero-order valence-corrected chi connectivity index (χ0v) is 17.0. The van der Waals surface area contributed by atoms with E-state index in [-0.39, 0.29) is 10.3 Å². The minimum Gasteiger partial charge on any atom is -0.495 e. The van der Waals surface area contributed by atoms with Gasteiger partial charge in [0.1, 0.15) is 10.6 Å². The second-order valence-electron chi connectivity index (χ2n) is 6.38. The highest BCUT2D eigenvalue weighted by molar-refractivity contribution is 9.10. The van der Waals surface area contributed by atoms with Gasteiger partial charge in [-0.15, -0.1) is 0 Å². The number of sulfonamides is 1. The lowest BCUT2D eigenvalue weighted by molar-refractivity contribution is 0.0517. The van der Waals surface area contributed by atoms with Gasteiger partial charge in [-0.25, -0.2) is 13.1 Å². The summed E-state index contributed by atoms with van der Waals surface area (Å²) in [5.74, 6) is 0.321. The first-order valence-corrected chi connectivity index (χ1v) is 10.7. The molecule has 0 amide bonds. The van der Waals surface area contributed by atoms with Crippen LogP contribution in [0.15, 0.2) is 57.9 Å². The standard InChI is InChI=1S/C19H22BrNO4S/c1-24-17-8-7-16(20)13-18(17)26(22,23)21-14-19(9-11-25-12-10-19)15-5-3-2-4-6-15/h2-8,13,21H,9-12,14H2,1H3. The molecule has 0 atom stereocenters. The Morgan fingerprint density at radius 3 is 2.50 bits per heavy atom. The van der Waals surface area contributed by atoms with Gasteiger partial charge in [-0.3, -0.25) is 0 Å². The first-order chi connectivity index (χ1) is 12.5. The van der Waals surface area contributed by atoms with E-state index in [1.54, 1.807) is 18.2 Å². The quantitative estimate of drug-likeness (QED) is 0.747. The molecule has 0 spiro atoms. The monoisotopic (exact) mass is 439 g/mol. The second-order valence-corrected chi connectivity index (χ2v) is 9.03. The molecule has 7 heteroatoms. The molecule has 2 aromatic carbocycles. The number of benzene rings is 2. The van der Waals surface area contributed by atoms with Gasteiger partial charge in [0.25, 0.3) is 0 Å². The summed E-state index contributed by atoms with van der Waals surface area (Å²) in [6, 6.07) is 15.0. The Hall–Kier alpha value is -1.41. The van der Waals surface area contributed by atoms with Crippen molar-refractivity contribution >= 4 is 26.0 Å². The molecule has 1 fully saturated rings. The Labute approximate surface area is 162 Å². The molecule has 1 N–H and O–H groups in total. The second kappa shape index (κ2) is 8.08. The van der Waals surface area contributed by atoms with E-state index in [2.05, 4.69) is 32.8 Å². The van der Waals surface area contributed by atoms with E-state index in [0.29, 0.717) is 30.0 Å². The normalized spacial score (nSPS) is 17.0. The maximum Gasteiger partial charge on any atom is 0.244 e. The van der Waals surface area contributed by atoms with Gasteiger partial charge in [-0.05, 0) is 36.6 Å². The van der Waals surface area contributed by atoms with E-state index in [9.17, 15) is 8.42 Å². The van der Waals surface area contributed by atoms with E-state index < -0.39 is 10.0 Å². The van der Waals surface area contributed by atoms with Crippen LogP contribution < -0.4 is 9.46 Å². The van der Waals surface area contributed by atoms with Gasteiger partial charge in [0.2, 0.25) is 10.0 Å². The average molecular weight is 440 g/mol. The Morgan fingerprint density at radius 1 is 1.15 bits per heavy atom. The van der Waals surface area contributed by atoms with Crippen molar-refractivity contribution in [1.82, 2.24) is 4.72 Å². The van der Waals surface area contributed by atoms with Crippen LogP contribution in [0.25, 0.3) is 0 Å². The fourth-order valence-electron chi connectivity index (χ4n) is 3.29. The molecule has 0 radical (unpaired) electrons. The molecule has 140 valence electrons. The van der Waals surface area contributed by atoms with Crippen LogP contribution in [0.1, 0.15) is 18.4 Å². The van der Waals surface area contributed by atoms with E-state index >= 15 is 0 Å². The van der Waals surface area contributed by atoms with Crippen molar-refractivity contribution in [1.29, 1.82) is 0 Å². The average Bonchev–Trinajstić information content (AvgIpc) is 2.68. The van der Waals surface area contributed by atoms with Gasteiger partial charge < -0.3 is 9.47 Å². The predicted molar refractivity (Wildman–Crippen MR) is 104 cm³/mol. The summed E-state index contributed by atoms with van der Waals surface area (Å²) in [4.78, 5) is 0.129. The SMILES string of the molecule is COc1ccc(Br)cc1S(=O)(=O)NCC1(c2ccccc2)CCOCC1.